The minimum absolute atomic E-state index is 0.584. The van der Waals surface area contributed by atoms with Gasteiger partial charge in [-0.05, 0) is 36.0 Å². The van der Waals surface area contributed by atoms with E-state index in [9.17, 15) is 0 Å². The lowest BCUT2D eigenvalue weighted by Gasteiger charge is -2.19. The van der Waals surface area contributed by atoms with Gasteiger partial charge in [0, 0.05) is 10.4 Å². The van der Waals surface area contributed by atoms with Gasteiger partial charge in [-0.15, -0.1) is 0 Å². The van der Waals surface area contributed by atoms with E-state index in [0.29, 0.717) is 5.92 Å². The van der Waals surface area contributed by atoms with Crippen molar-refractivity contribution in [1.29, 1.82) is 0 Å². The lowest BCUT2D eigenvalue weighted by atomic mass is 9.89. The largest absolute Gasteiger partial charge is 0.0921 e. The van der Waals surface area contributed by atoms with Crippen molar-refractivity contribution in [3.63, 3.8) is 0 Å². The Morgan fingerprint density at radius 2 is 2.12 bits per heavy atom. The Kier molecular flexibility index (Phi) is 6.45. The third kappa shape index (κ3) is 4.47. The average Bonchev–Trinajstić information content (AvgIpc) is 2.26. The van der Waals surface area contributed by atoms with Gasteiger partial charge < -0.3 is 0 Å². The van der Waals surface area contributed by atoms with Crippen molar-refractivity contribution in [2.24, 2.45) is 5.92 Å². The summed E-state index contributed by atoms with van der Waals surface area (Å²) < 4.78 is 0. The van der Waals surface area contributed by atoms with Crippen molar-refractivity contribution in [2.45, 2.75) is 39.0 Å². The smallest absolute Gasteiger partial charge is 0.0408 e. The van der Waals surface area contributed by atoms with Gasteiger partial charge in [0.1, 0.15) is 0 Å². The summed E-state index contributed by atoms with van der Waals surface area (Å²) in [7, 11) is 0. The van der Waals surface area contributed by atoms with Crippen LogP contribution in [-0.2, 0) is 0 Å². The molecule has 0 bridgehead atoms. The minimum Gasteiger partial charge on any atom is -0.0921 e. The van der Waals surface area contributed by atoms with Crippen LogP contribution in [0.4, 0.5) is 0 Å². The maximum absolute atomic E-state index is 6.03. The fourth-order valence-corrected chi connectivity index (χ4v) is 2.98. The van der Waals surface area contributed by atoms with Gasteiger partial charge in [-0.3, -0.25) is 0 Å². The van der Waals surface area contributed by atoms with Gasteiger partial charge in [0.25, 0.3) is 0 Å². The highest BCUT2D eigenvalue weighted by atomic mass is 79.9. The molecular weight excluding hydrogens is 284 g/mol. The lowest BCUT2D eigenvalue weighted by Crippen LogP contribution is -2.06. The van der Waals surface area contributed by atoms with Gasteiger partial charge in [-0.25, -0.2) is 0 Å². The molecule has 0 N–H and O–H groups in total. The van der Waals surface area contributed by atoms with Crippen LogP contribution >= 0.6 is 27.5 Å². The molecule has 0 amide bonds. The van der Waals surface area contributed by atoms with Crippen LogP contribution < -0.4 is 0 Å². The molecule has 0 heterocycles. The van der Waals surface area contributed by atoms with Gasteiger partial charge >= 0.3 is 0 Å². The van der Waals surface area contributed by atoms with E-state index in [1.165, 1.54) is 24.8 Å². The van der Waals surface area contributed by atoms with Crippen molar-refractivity contribution in [2.75, 3.05) is 5.33 Å². The molecular formula is C14H20BrCl. The van der Waals surface area contributed by atoms with E-state index < -0.39 is 0 Å². The molecule has 16 heavy (non-hydrogen) atoms. The Hall–Kier alpha value is -0.0100. The summed E-state index contributed by atoms with van der Waals surface area (Å²) in [5, 5.41) is 1.85. The zero-order chi connectivity index (χ0) is 12.0. The first-order chi connectivity index (χ1) is 7.67. The third-order valence-electron chi connectivity index (χ3n) is 2.97. The maximum Gasteiger partial charge on any atom is 0.0408 e. The van der Waals surface area contributed by atoms with Gasteiger partial charge in [-0.2, -0.15) is 0 Å². The van der Waals surface area contributed by atoms with E-state index in [1.54, 1.807) is 0 Å². The first-order valence-electron chi connectivity index (χ1n) is 5.98. The fourth-order valence-electron chi connectivity index (χ4n) is 2.15. The molecule has 0 aliphatic rings. The highest BCUT2D eigenvalue weighted by Crippen LogP contribution is 2.29. The molecule has 0 nitrogen and oxygen atoms in total. The Morgan fingerprint density at radius 1 is 1.38 bits per heavy atom. The highest BCUT2D eigenvalue weighted by molar-refractivity contribution is 9.09. The second-order valence-electron chi connectivity index (χ2n) is 4.54. The molecule has 2 unspecified atom stereocenters. The predicted molar refractivity (Wildman–Crippen MR) is 76.7 cm³/mol. The summed E-state index contributed by atoms with van der Waals surface area (Å²) in [6.45, 7) is 4.59. The number of benzene rings is 1. The van der Waals surface area contributed by atoms with Crippen molar-refractivity contribution in [3.05, 3.63) is 34.9 Å². The Balaban J connectivity index is 2.67. The molecule has 1 aromatic rings. The summed E-state index contributed by atoms with van der Waals surface area (Å²) >= 11 is 9.64. The Labute approximate surface area is 113 Å². The number of halogens is 2. The van der Waals surface area contributed by atoms with Gasteiger partial charge in [0.2, 0.25) is 0 Å². The Morgan fingerprint density at radius 3 is 2.69 bits per heavy atom. The Bertz CT molecular complexity index is 311. The predicted octanol–water partition coefficient (Wildman–Crippen LogP) is 5.64. The van der Waals surface area contributed by atoms with Crippen LogP contribution in [0.15, 0.2) is 24.3 Å². The topological polar surface area (TPSA) is 0 Å². The molecule has 0 aromatic heterocycles. The van der Waals surface area contributed by atoms with E-state index in [0.717, 1.165) is 16.3 Å². The third-order valence-corrected chi connectivity index (χ3v) is 3.99. The monoisotopic (exact) mass is 302 g/mol. The highest BCUT2D eigenvalue weighted by Gasteiger charge is 2.14. The summed E-state index contributed by atoms with van der Waals surface area (Å²) in [4.78, 5) is 0. The van der Waals surface area contributed by atoms with Crippen LogP contribution in [-0.4, -0.2) is 5.33 Å². The van der Waals surface area contributed by atoms with E-state index in [1.807, 2.05) is 12.1 Å². The molecule has 2 atom stereocenters. The van der Waals surface area contributed by atoms with Crippen molar-refractivity contribution < 1.29 is 0 Å². The molecule has 90 valence electrons. The fraction of sp³-hybridized carbons (Fsp3) is 0.571. The first kappa shape index (κ1) is 14.1. The van der Waals surface area contributed by atoms with Gasteiger partial charge in [-0.1, -0.05) is 66.4 Å². The second-order valence-corrected chi connectivity index (χ2v) is 5.62. The molecule has 0 radical (unpaired) electrons. The SMILES string of the molecule is CCCC(C)CC(CBr)c1cccc(Cl)c1. The van der Waals surface area contributed by atoms with Crippen molar-refractivity contribution in [1.82, 2.24) is 0 Å². The van der Waals surface area contributed by atoms with Crippen LogP contribution in [0.25, 0.3) is 0 Å². The summed E-state index contributed by atoms with van der Waals surface area (Å²) in [6.07, 6.45) is 3.81. The molecule has 1 rings (SSSR count). The average molecular weight is 304 g/mol. The van der Waals surface area contributed by atoms with Crippen LogP contribution in [0, 0.1) is 5.92 Å². The summed E-state index contributed by atoms with van der Waals surface area (Å²) in [5.41, 5.74) is 1.35. The number of hydrogen-bond acceptors (Lipinski definition) is 0. The van der Waals surface area contributed by atoms with E-state index in [-0.39, 0.29) is 0 Å². The number of alkyl halides is 1. The summed E-state index contributed by atoms with van der Waals surface area (Å²) in [6, 6.07) is 8.24. The van der Waals surface area contributed by atoms with Crippen molar-refractivity contribution >= 4 is 27.5 Å². The maximum atomic E-state index is 6.03. The zero-order valence-corrected chi connectivity index (χ0v) is 12.4. The van der Waals surface area contributed by atoms with Crippen LogP contribution in [0.1, 0.15) is 44.6 Å². The molecule has 0 aliphatic heterocycles. The molecule has 0 spiro atoms. The van der Waals surface area contributed by atoms with E-state index in [2.05, 4.69) is 41.9 Å². The molecule has 0 aliphatic carbocycles. The second kappa shape index (κ2) is 7.34. The number of rotatable bonds is 6. The first-order valence-corrected chi connectivity index (χ1v) is 7.48. The van der Waals surface area contributed by atoms with Crippen LogP contribution in [0.3, 0.4) is 0 Å². The molecule has 0 fully saturated rings. The van der Waals surface area contributed by atoms with Crippen molar-refractivity contribution in [3.8, 4) is 0 Å². The zero-order valence-electron chi connectivity index (χ0n) is 10.0. The van der Waals surface area contributed by atoms with E-state index >= 15 is 0 Å². The number of hydrogen-bond donors (Lipinski definition) is 0. The lowest BCUT2D eigenvalue weighted by molar-refractivity contribution is 0.452. The van der Waals surface area contributed by atoms with Crippen LogP contribution in [0.5, 0.6) is 0 Å². The molecule has 1 aromatic carbocycles. The van der Waals surface area contributed by atoms with Gasteiger partial charge in [0.05, 0.1) is 0 Å². The van der Waals surface area contributed by atoms with Gasteiger partial charge in [0.15, 0.2) is 0 Å². The van der Waals surface area contributed by atoms with E-state index in [4.69, 9.17) is 11.6 Å². The molecule has 0 saturated carbocycles. The minimum atomic E-state index is 0.584. The quantitative estimate of drug-likeness (QED) is 0.596. The normalized spacial score (nSPS) is 14.8. The van der Waals surface area contributed by atoms with Crippen LogP contribution in [0.2, 0.25) is 5.02 Å². The molecule has 2 heteroatoms. The summed E-state index contributed by atoms with van der Waals surface area (Å²) in [5.74, 6) is 1.37. The standard InChI is InChI=1S/C14H20BrCl/c1-3-5-11(2)8-13(10-15)12-6-4-7-14(16)9-12/h4,6-7,9,11,13H,3,5,8,10H2,1-2H3. The molecule has 0 saturated heterocycles.